The molecular weight excluding hydrogens is 389 g/mol. The second-order valence-electron chi connectivity index (χ2n) is 8.79. The summed E-state index contributed by atoms with van der Waals surface area (Å²) in [4.78, 5) is 12.7. The zero-order chi connectivity index (χ0) is 20.2. The van der Waals surface area contributed by atoms with Gasteiger partial charge in [0.1, 0.15) is 11.6 Å². The maximum Gasteiger partial charge on any atom is 0.264 e. The van der Waals surface area contributed by atoms with Gasteiger partial charge in [-0.3, -0.25) is 9.52 Å². The molecule has 0 spiro atoms. The molecule has 0 bridgehead atoms. The summed E-state index contributed by atoms with van der Waals surface area (Å²) in [5, 5.41) is 0.366. The quantitative estimate of drug-likeness (QED) is 0.555. The van der Waals surface area contributed by atoms with Crippen LogP contribution < -0.4 is 9.46 Å². The number of halogens is 1. The van der Waals surface area contributed by atoms with Crippen molar-refractivity contribution in [3.8, 4) is 5.75 Å². The molecule has 0 saturated heterocycles. The van der Waals surface area contributed by atoms with Gasteiger partial charge in [-0.2, -0.15) is 0 Å². The highest BCUT2D eigenvalue weighted by molar-refractivity contribution is 7.98. The van der Waals surface area contributed by atoms with E-state index in [9.17, 15) is 9.18 Å². The van der Waals surface area contributed by atoms with E-state index in [0.717, 1.165) is 44.1 Å². The highest BCUT2D eigenvalue weighted by atomic mass is 32.2. The fourth-order valence-corrected chi connectivity index (χ4v) is 5.44. The summed E-state index contributed by atoms with van der Waals surface area (Å²) in [6.07, 6.45) is 11.5. The first-order valence-electron chi connectivity index (χ1n) is 11.1. The van der Waals surface area contributed by atoms with E-state index in [1.807, 2.05) is 0 Å². The molecule has 1 aromatic carbocycles. The Labute approximate surface area is 177 Å². The molecule has 1 aromatic rings. The summed E-state index contributed by atoms with van der Waals surface area (Å²) in [6, 6.07) is 3.17. The van der Waals surface area contributed by atoms with Gasteiger partial charge >= 0.3 is 0 Å². The van der Waals surface area contributed by atoms with E-state index in [2.05, 4.69) is 4.72 Å². The number of hydrogen-bond donors (Lipinski definition) is 1. The van der Waals surface area contributed by atoms with E-state index in [1.165, 1.54) is 43.7 Å². The minimum absolute atomic E-state index is 0.137. The molecule has 4 rings (SSSR count). The van der Waals surface area contributed by atoms with Crippen molar-refractivity contribution in [2.45, 2.75) is 81.5 Å². The summed E-state index contributed by atoms with van der Waals surface area (Å²) in [6.45, 7) is 0.657. The van der Waals surface area contributed by atoms with Crippen LogP contribution in [-0.4, -0.2) is 31.0 Å². The zero-order valence-corrected chi connectivity index (χ0v) is 18.1. The third-order valence-electron chi connectivity index (χ3n) is 6.58. The Morgan fingerprint density at radius 2 is 1.83 bits per heavy atom. The Bertz CT molecular complexity index is 710. The van der Waals surface area contributed by atoms with Crippen LogP contribution >= 0.6 is 11.9 Å². The molecule has 6 heteroatoms. The van der Waals surface area contributed by atoms with E-state index < -0.39 is 5.82 Å². The lowest BCUT2D eigenvalue weighted by Crippen LogP contribution is -2.26. The van der Waals surface area contributed by atoms with Crippen LogP contribution in [0.2, 0.25) is 0 Å². The van der Waals surface area contributed by atoms with Crippen LogP contribution in [0.4, 0.5) is 4.39 Å². The normalized spacial score (nSPS) is 25.2. The van der Waals surface area contributed by atoms with Gasteiger partial charge in [-0.05, 0) is 86.8 Å². The van der Waals surface area contributed by atoms with E-state index in [4.69, 9.17) is 9.47 Å². The van der Waals surface area contributed by atoms with Gasteiger partial charge in [0.2, 0.25) is 0 Å². The lowest BCUT2D eigenvalue weighted by Gasteiger charge is -2.26. The van der Waals surface area contributed by atoms with Crippen LogP contribution in [0, 0.1) is 11.7 Å². The SMILES string of the molecule is COC1CCC(SNC(=O)c2cc(C3CC3)c(OCC3CCCC3)cc2F)CC1. The predicted octanol–water partition coefficient (Wildman–Crippen LogP) is 5.61. The maximum atomic E-state index is 14.8. The molecule has 4 nitrogen and oxygen atoms in total. The smallest absolute Gasteiger partial charge is 0.264 e. The number of rotatable bonds is 8. The van der Waals surface area contributed by atoms with Crippen molar-refractivity contribution in [1.29, 1.82) is 0 Å². The number of ether oxygens (including phenoxy) is 2. The largest absolute Gasteiger partial charge is 0.493 e. The van der Waals surface area contributed by atoms with Gasteiger partial charge in [-0.15, -0.1) is 0 Å². The van der Waals surface area contributed by atoms with Crippen LogP contribution in [0.3, 0.4) is 0 Å². The van der Waals surface area contributed by atoms with Gasteiger partial charge in [-0.25, -0.2) is 4.39 Å². The highest BCUT2D eigenvalue weighted by Crippen LogP contribution is 2.45. The van der Waals surface area contributed by atoms with Gasteiger partial charge in [0, 0.05) is 18.4 Å². The Morgan fingerprint density at radius 3 is 2.48 bits per heavy atom. The summed E-state index contributed by atoms with van der Waals surface area (Å²) in [7, 11) is 1.75. The number of methoxy groups -OCH3 is 1. The average Bonchev–Trinajstić information content (AvgIpc) is 3.45. The standard InChI is InChI=1S/C23H32FNO3S/c1-27-17-8-10-18(11-9-17)29-25-23(26)20-12-19(16-6-7-16)22(13-21(20)24)28-14-15-4-2-3-5-15/h12-13,15-18H,2-11,14H2,1H3,(H,25,26). The first-order chi connectivity index (χ1) is 14.1. The fraction of sp³-hybridized carbons (Fsp3) is 0.696. The Hall–Kier alpha value is -1.27. The van der Waals surface area contributed by atoms with Crippen molar-refractivity contribution in [2.75, 3.05) is 13.7 Å². The van der Waals surface area contributed by atoms with Crippen molar-refractivity contribution in [2.24, 2.45) is 5.92 Å². The molecule has 3 saturated carbocycles. The average molecular weight is 422 g/mol. The first-order valence-corrected chi connectivity index (χ1v) is 12.0. The molecule has 0 radical (unpaired) electrons. The fourth-order valence-electron chi connectivity index (χ4n) is 4.55. The molecule has 1 amide bonds. The van der Waals surface area contributed by atoms with Crippen molar-refractivity contribution in [1.82, 2.24) is 4.72 Å². The van der Waals surface area contributed by atoms with Gasteiger partial charge < -0.3 is 9.47 Å². The minimum Gasteiger partial charge on any atom is -0.493 e. The van der Waals surface area contributed by atoms with Crippen LogP contribution in [0.1, 0.15) is 86.0 Å². The Kier molecular flexibility index (Phi) is 7.01. The number of benzene rings is 1. The molecule has 29 heavy (non-hydrogen) atoms. The summed E-state index contributed by atoms with van der Waals surface area (Å²) < 4.78 is 29.1. The number of carbonyl (C=O) groups excluding carboxylic acids is 1. The molecule has 0 aromatic heterocycles. The molecule has 0 heterocycles. The van der Waals surface area contributed by atoms with Gasteiger partial charge in [-0.1, -0.05) is 12.8 Å². The third-order valence-corrected chi connectivity index (χ3v) is 7.69. The molecule has 0 atom stereocenters. The minimum atomic E-state index is -0.489. The predicted molar refractivity (Wildman–Crippen MR) is 114 cm³/mol. The first kappa shape index (κ1) is 21.0. The second-order valence-corrected chi connectivity index (χ2v) is 9.90. The Balaban J connectivity index is 1.37. The molecule has 0 unspecified atom stereocenters. The van der Waals surface area contributed by atoms with Crippen molar-refractivity contribution in [3.05, 3.63) is 29.1 Å². The number of amides is 1. The number of carbonyl (C=O) groups is 1. The maximum absolute atomic E-state index is 14.8. The van der Waals surface area contributed by atoms with Crippen molar-refractivity contribution in [3.63, 3.8) is 0 Å². The summed E-state index contributed by atoms with van der Waals surface area (Å²) >= 11 is 1.43. The zero-order valence-electron chi connectivity index (χ0n) is 17.3. The monoisotopic (exact) mass is 421 g/mol. The van der Waals surface area contributed by atoms with Crippen LogP contribution in [-0.2, 0) is 4.74 Å². The number of hydrogen-bond acceptors (Lipinski definition) is 4. The van der Waals surface area contributed by atoms with Crippen LogP contribution in [0.25, 0.3) is 0 Å². The second kappa shape index (κ2) is 9.69. The van der Waals surface area contributed by atoms with E-state index in [0.29, 0.717) is 35.5 Å². The van der Waals surface area contributed by atoms with E-state index >= 15 is 0 Å². The van der Waals surface area contributed by atoms with Crippen molar-refractivity contribution < 1.29 is 18.7 Å². The van der Waals surface area contributed by atoms with E-state index in [1.54, 1.807) is 13.2 Å². The van der Waals surface area contributed by atoms with Crippen LogP contribution in [0.15, 0.2) is 12.1 Å². The third kappa shape index (κ3) is 5.46. The topological polar surface area (TPSA) is 47.6 Å². The molecule has 0 aliphatic heterocycles. The summed E-state index contributed by atoms with van der Waals surface area (Å²) in [5.74, 6) is 0.789. The van der Waals surface area contributed by atoms with Gasteiger partial charge in [0.15, 0.2) is 0 Å². The molecule has 3 aliphatic rings. The molecule has 3 fully saturated rings. The van der Waals surface area contributed by atoms with Crippen LogP contribution in [0.5, 0.6) is 5.75 Å². The lowest BCUT2D eigenvalue weighted by atomic mass is 9.97. The van der Waals surface area contributed by atoms with Gasteiger partial charge in [0.25, 0.3) is 5.91 Å². The van der Waals surface area contributed by atoms with Gasteiger partial charge in [0.05, 0.1) is 18.3 Å². The number of nitrogens with one attached hydrogen (secondary N) is 1. The lowest BCUT2D eigenvalue weighted by molar-refractivity contribution is 0.0723. The molecular formula is C23H32FNO3S. The molecule has 1 N–H and O–H groups in total. The highest BCUT2D eigenvalue weighted by Gasteiger charge is 2.30. The summed E-state index contributed by atoms with van der Waals surface area (Å²) in [5.41, 5.74) is 1.14. The molecule has 3 aliphatic carbocycles. The van der Waals surface area contributed by atoms with E-state index in [-0.39, 0.29) is 11.5 Å². The Morgan fingerprint density at radius 1 is 1.10 bits per heavy atom. The van der Waals surface area contributed by atoms with Crippen molar-refractivity contribution >= 4 is 17.9 Å². The molecule has 160 valence electrons.